The first-order valence-electron chi connectivity index (χ1n) is 9.54. The molecule has 142 valence electrons. The van der Waals surface area contributed by atoms with Gasteiger partial charge in [0.2, 0.25) is 0 Å². The quantitative estimate of drug-likeness (QED) is 0.706. The lowest BCUT2D eigenvalue weighted by molar-refractivity contribution is 0.0857. The SMILES string of the molecule is O=C(NCCCc1ccccc1)c1cccc(C(=O)NCC2CCCO2)c1. The second kappa shape index (κ2) is 9.88. The standard InChI is InChI=1S/C22H26N2O3/c25-21(23-13-5-9-17-7-2-1-3-8-17)18-10-4-11-19(15-18)22(26)24-16-20-12-6-14-27-20/h1-4,7-8,10-11,15,20H,5-6,9,12-14,16H2,(H,23,25)(H,24,26). The van der Waals surface area contributed by atoms with Gasteiger partial charge in [-0.3, -0.25) is 9.59 Å². The van der Waals surface area contributed by atoms with Crippen LogP contribution in [0.5, 0.6) is 0 Å². The Bertz CT molecular complexity index is 755. The molecule has 0 aromatic heterocycles. The molecule has 0 aliphatic carbocycles. The van der Waals surface area contributed by atoms with Gasteiger partial charge in [0.25, 0.3) is 11.8 Å². The Labute approximate surface area is 160 Å². The van der Waals surface area contributed by atoms with E-state index in [2.05, 4.69) is 22.8 Å². The highest BCUT2D eigenvalue weighted by Gasteiger charge is 2.17. The maximum Gasteiger partial charge on any atom is 0.251 e. The summed E-state index contributed by atoms with van der Waals surface area (Å²) in [6, 6.07) is 17.0. The second-order valence-corrected chi connectivity index (χ2v) is 6.77. The van der Waals surface area contributed by atoms with Gasteiger partial charge in [-0.25, -0.2) is 0 Å². The van der Waals surface area contributed by atoms with Crippen molar-refractivity contribution in [2.45, 2.75) is 31.8 Å². The van der Waals surface area contributed by atoms with E-state index in [4.69, 9.17) is 4.74 Å². The summed E-state index contributed by atoms with van der Waals surface area (Å²) < 4.78 is 5.51. The van der Waals surface area contributed by atoms with Crippen LogP contribution < -0.4 is 10.6 Å². The van der Waals surface area contributed by atoms with Crippen LogP contribution in [0.2, 0.25) is 0 Å². The molecule has 1 unspecified atom stereocenters. The lowest BCUT2D eigenvalue weighted by Gasteiger charge is -2.11. The summed E-state index contributed by atoms with van der Waals surface area (Å²) in [6.07, 6.45) is 3.92. The minimum atomic E-state index is -0.177. The van der Waals surface area contributed by atoms with Gasteiger partial charge in [0.15, 0.2) is 0 Å². The number of hydrogen-bond acceptors (Lipinski definition) is 3. The molecule has 0 spiro atoms. The first kappa shape index (κ1) is 19.1. The lowest BCUT2D eigenvalue weighted by atomic mass is 10.1. The summed E-state index contributed by atoms with van der Waals surface area (Å²) in [6.45, 7) is 1.87. The van der Waals surface area contributed by atoms with Crippen molar-refractivity contribution in [2.75, 3.05) is 19.7 Å². The molecule has 0 radical (unpaired) electrons. The summed E-state index contributed by atoms with van der Waals surface area (Å²) in [4.78, 5) is 24.6. The van der Waals surface area contributed by atoms with Crippen LogP contribution in [-0.2, 0) is 11.2 Å². The first-order valence-corrected chi connectivity index (χ1v) is 9.54. The molecule has 2 amide bonds. The number of hydrogen-bond donors (Lipinski definition) is 2. The number of aryl methyl sites for hydroxylation is 1. The zero-order chi connectivity index (χ0) is 18.9. The highest BCUT2D eigenvalue weighted by Crippen LogP contribution is 2.11. The van der Waals surface area contributed by atoms with Crippen LogP contribution in [0.3, 0.4) is 0 Å². The van der Waals surface area contributed by atoms with Crippen LogP contribution in [0.15, 0.2) is 54.6 Å². The summed E-state index contributed by atoms with van der Waals surface area (Å²) in [5.41, 5.74) is 2.25. The maximum absolute atomic E-state index is 12.3. The molecule has 1 aliphatic heterocycles. The molecule has 2 aromatic rings. The van der Waals surface area contributed by atoms with Crippen LogP contribution in [0.4, 0.5) is 0 Å². The van der Waals surface area contributed by atoms with Gasteiger partial charge in [-0.1, -0.05) is 36.4 Å². The van der Waals surface area contributed by atoms with Gasteiger partial charge < -0.3 is 15.4 Å². The number of nitrogens with one attached hydrogen (secondary N) is 2. The largest absolute Gasteiger partial charge is 0.376 e. The molecular weight excluding hydrogens is 340 g/mol. The highest BCUT2D eigenvalue weighted by molar-refractivity contribution is 5.99. The van der Waals surface area contributed by atoms with Crippen LogP contribution >= 0.6 is 0 Å². The third-order valence-electron chi connectivity index (χ3n) is 4.67. The number of rotatable bonds is 8. The van der Waals surface area contributed by atoms with E-state index in [-0.39, 0.29) is 17.9 Å². The van der Waals surface area contributed by atoms with Crippen molar-refractivity contribution in [3.63, 3.8) is 0 Å². The van der Waals surface area contributed by atoms with Gasteiger partial charge in [0.05, 0.1) is 6.10 Å². The van der Waals surface area contributed by atoms with Gasteiger partial charge in [-0.15, -0.1) is 0 Å². The zero-order valence-corrected chi connectivity index (χ0v) is 15.4. The van der Waals surface area contributed by atoms with Crippen LogP contribution in [-0.4, -0.2) is 37.6 Å². The average molecular weight is 366 g/mol. The van der Waals surface area contributed by atoms with Crippen molar-refractivity contribution < 1.29 is 14.3 Å². The number of amides is 2. The summed E-state index contributed by atoms with van der Waals surface area (Å²) >= 11 is 0. The Morgan fingerprint density at radius 3 is 2.41 bits per heavy atom. The smallest absolute Gasteiger partial charge is 0.251 e. The van der Waals surface area contributed by atoms with E-state index in [1.165, 1.54) is 5.56 Å². The topological polar surface area (TPSA) is 67.4 Å². The molecule has 2 aromatic carbocycles. The van der Waals surface area contributed by atoms with Gasteiger partial charge in [-0.05, 0) is 49.4 Å². The molecule has 1 heterocycles. The Kier molecular flexibility index (Phi) is 6.99. The summed E-state index contributed by atoms with van der Waals surface area (Å²) in [5, 5.41) is 5.80. The molecule has 1 atom stereocenters. The molecule has 1 saturated heterocycles. The Hall–Kier alpha value is -2.66. The molecule has 0 bridgehead atoms. The highest BCUT2D eigenvalue weighted by atomic mass is 16.5. The Morgan fingerprint density at radius 2 is 1.70 bits per heavy atom. The molecule has 27 heavy (non-hydrogen) atoms. The van der Waals surface area contributed by atoms with Crippen molar-refractivity contribution >= 4 is 11.8 Å². The number of ether oxygens (including phenoxy) is 1. The maximum atomic E-state index is 12.3. The van der Waals surface area contributed by atoms with E-state index in [0.717, 1.165) is 32.3 Å². The Balaban J connectivity index is 1.45. The lowest BCUT2D eigenvalue weighted by Crippen LogP contribution is -2.32. The minimum absolute atomic E-state index is 0.102. The molecule has 5 heteroatoms. The third kappa shape index (κ3) is 5.93. The van der Waals surface area contributed by atoms with E-state index < -0.39 is 0 Å². The van der Waals surface area contributed by atoms with E-state index in [1.807, 2.05) is 18.2 Å². The monoisotopic (exact) mass is 366 g/mol. The van der Waals surface area contributed by atoms with Crippen LogP contribution in [0.25, 0.3) is 0 Å². The third-order valence-corrected chi connectivity index (χ3v) is 4.67. The molecule has 3 rings (SSSR count). The predicted molar refractivity (Wildman–Crippen MR) is 105 cm³/mol. The van der Waals surface area contributed by atoms with Gasteiger partial charge in [0, 0.05) is 30.8 Å². The average Bonchev–Trinajstić information content (AvgIpc) is 3.24. The minimum Gasteiger partial charge on any atom is -0.376 e. The van der Waals surface area contributed by atoms with Crippen molar-refractivity contribution in [3.8, 4) is 0 Å². The number of carbonyl (C=O) groups is 2. The van der Waals surface area contributed by atoms with E-state index >= 15 is 0 Å². The first-order chi connectivity index (χ1) is 13.2. The fourth-order valence-electron chi connectivity index (χ4n) is 3.16. The fourth-order valence-corrected chi connectivity index (χ4v) is 3.16. The van der Waals surface area contributed by atoms with E-state index in [9.17, 15) is 9.59 Å². The molecular formula is C22H26N2O3. The molecule has 2 N–H and O–H groups in total. The van der Waals surface area contributed by atoms with Crippen LogP contribution in [0, 0.1) is 0 Å². The fraction of sp³-hybridized carbons (Fsp3) is 0.364. The number of carbonyl (C=O) groups excluding carboxylic acids is 2. The van der Waals surface area contributed by atoms with Gasteiger partial charge in [-0.2, -0.15) is 0 Å². The van der Waals surface area contributed by atoms with Crippen molar-refractivity contribution in [1.29, 1.82) is 0 Å². The van der Waals surface area contributed by atoms with Crippen molar-refractivity contribution in [2.24, 2.45) is 0 Å². The predicted octanol–water partition coefficient (Wildman–Crippen LogP) is 2.96. The summed E-state index contributed by atoms with van der Waals surface area (Å²) in [7, 11) is 0. The van der Waals surface area contributed by atoms with Crippen molar-refractivity contribution in [1.82, 2.24) is 10.6 Å². The van der Waals surface area contributed by atoms with Crippen LogP contribution in [0.1, 0.15) is 45.5 Å². The molecule has 1 fully saturated rings. The Morgan fingerprint density at radius 1 is 0.963 bits per heavy atom. The zero-order valence-electron chi connectivity index (χ0n) is 15.4. The summed E-state index contributed by atoms with van der Waals surface area (Å²) in [5.74, 6) is -0.332. The van der Waals surface area contributed by atoms with E-state index in [1.54, 1.807) is 24.3 Å². The van der Waals surface area contributed by atoms with Crippen molar-refractivity contribution in [3.05, 3.63) is 71.3 Å². The normalized spacial score (nSPS) is 16.1. The molecule has 1 aliphatic rings. The van der Waals surface area contributed by atoms with E-state index in [0.29, 0.717) is 24.2 Å². The van der Waals surface area contributed by atoms with Gasteiger partial charge in [0.1, 0.15) is 0 Å². The molecule has 0 saturated carbocycles. The number of benzene rings is 2. The van der Waals surface area contributed by atoms with Gasteiger partial charge >= 0.3 is 0 Å². The second-order valence-electron chi connectivity index (χ2n) is 6.77. The molecule has 5 nitrogen and oxygen atoms in total.